The lowest BCUT2D eigenvalue weighted by atomic mass is 9.93. The highest BCUT2D eigenvalue weighted by molar-refractivity contribution is 5.89. The van der Waals surface area contributed by atoms with Crippen LogP contribution in [-0.4, -0.2) is 40.0 Å². The Labute approximate surface area is 140 Å². The molecule has 1 atom stereocenters. The molecule has 1 unspecified atom stereocenters. The summed E-state index contributed by atoms with van der Waals surface area (Å²) in [6, 6.07) is 10.9. The maximum Gasteiger partial charge on any atom is 0.335 e. The summed E-state index contributed by atoms with van der Waals surface area (Å²) >= 11 is 0. The number of hydrogen-bond acceptors (Lipinski definition) is 3. The third kappa shape index (κ3) is 3.62. The summed E-state index contributed by atoms with van der Waals surface area (Å²) in [5.74, 6) is -0.694. The second-order valence-corrected chi connectivity index (χ2v) is 6.08. The molecule has 2 heterocycles. The summed E-state index contributed by atoms with van der Waals surface area (Å²) in [4.78, 5) is 29.7. The molecule has 5 heteroatoms. The third-order valence-corrected chi connectivity index (χ3v) is 4.52. The number of carbonyl (C=O) groups is 2. The fourth-order valence-electron chi connectivity index (χ4n) is 3.24. The SMILES string of the molecule is O=C(O)c1ccccc1C1CCN(C(=O)CCc2cccnc2)C1. The maximum absolute atomic E-state index is 12.4. The van der Waals surface area contributed by atoms with E-state index in [9.17, 15) is 14.7 Å². The number of carbonyl (C=O) groups excluding carboxylic acids is 1. The van der Waals surface area contributed by atoms with E-state index < -0.39 is 5.97 Å². The summed E-state index contributed by atoms with van der Waals surface area (Å²) in [6.07, 6.45) is 5.45. The third-order valence-electron chi connectivity index (χ3n) is 4.52. The number of hydrogen-bond donors (Lipinski definition) is 1. The van der Waals surface area contributed by atoms with Crippen LogP contribution >= 0.6 is 0 Å². The molecule has 1 fully saturated rings. The number of rotatable bonds is 5. The minimum atomic E-state index is -0.910. The molecule has 24 heavy (non-hydrogen) atoms. The first-order chi connectivity index (χ1) is 11.6. The number of aromatic nitrogens is 1. The first-order valence-corrected chi connectivity index (χ1v) is 8.14. The van der Waals surface area contributed by atoms with Crippen molar-refractivity contribution >= 4 is 11.9 Å². The topological polar surface area (TPSA) is 70.5 Å². The van der Waals surface area contributed by atoms with E-state index in [1.54, 1.807) is 24.5 Å². The van der Waals surface area contributed by atoms with Crippen molar-refractivity contribution in [2.45, 2.75) is 25.2 Å². The summed E-state index contributed by atoms with van der Waals surface area (Å²) in [5.41, 5.74) is 2.22. The standard InChI is InChI=1S/C19H20N2O3/c22-18(8-7-14-4-3-10-20-12-14)21-11-9-15(13-21)16-5-1-2-6-17(16)19(23)24/h1-6,10,12,15H,7-9,11,13H2,(H,23,24). The molecule has 1 aliphatic heterocycles. The zero-order valence-electron chi connectivity index (χ0n) is 13.4. The van der Waals surface area contributed by atoms with Gasteiger partial charge in [-0.15, -0.1) is 0 Å². The van der Waals surface area contributed by atoms with Crippen LogP contribution < -0.4 is 0 Å². The van der Waals surface area contributed by atoms with Gasteiger partial charge in [0, 0.05) is 37.8 Å². The van der Waals surface area contributed by atoms with Gasteiger partial charge in [0.15, 0.2) is 0 Å². The number of pyridine rings is 1. The van der Waals surface area contributed by atoms with Gasteiger partial charge >= 0.3 is 5.97 Å². The normalized spacial score (nSPS) is 17.0. The molecule has 5 nitrogen and oxygen atoms in total. The van der Waals surface area contributed by atoms with E-state index in [-0.39, 0.29) is 11.8 Å². The van der Waals surface area contributed by atoms with Crippen LogP contribution in [0.3, 0.4) is 0 Å². The predicted molar refractivity (Wildman–Crippen MR) is 89.9 cm³/mol. The van der Waals surface area contributed by atoms with Gasteiger partial charge in [-0.25, -0.2) is 4.79 Å². The average Bonchev–Trinajstić information content (AvgIpc) is 3.10. The van der Waals surface area contributed by atoms with Gasteiger partial charge in [-0.1, -0.05) is 24.3 Å². The zero-order valence-corrected chi connectivity index (χ0v) is 13.4. The molecular weight excluding hydrogens is 304 g/mol. The molecular formula is C19H20N2O3. The zero-order chi connectivity index (χ0) is 16.9. The molecule has 0 radical (unpaired) electrons. The van der Waals surface area contributed by atoms with Crippen molar-refractivity contribution in [3.63, 3.8) is 0 Å². The Kier molecular flexibility index (Phi) is 4.89. The highest BCUT2D eigenvalue weighted by atomic mass is 16.4. The Balaban J connectivity index is 1.61. The Morgan fingerprint density at radius 1 is 1.21 bits per heavy atom. The van der Waals surface area contributed by atoms with E-state index in [0.717, 1.165) is 17.5 Å². The highest BCUT2D eigenvalue weighted by Gasteiger charge is 2.29. The van der Waals surface area contributed by atoms with Crippen molar-refractivity contribution in [3.05, 3.63) is 65.5 Å². The van der Waals surface area contributed by atoms with Gasteiger partial charge in [-0.2, -0.15) is 0 Å². The number of amides is 1. The van der Waals surface area contributed by atoms with Gasteiger partial charge < -0.3 is 10.0 Å². The van der Waals surface area contributed by atoms with Crippen molar-refractivity contribution in [2.75, 3.05) is 13.1 Å². The molecule has 1 amide bonds. The summed E-state index contributed by atoms with van der Waals surface area (Å²) < 4.78 is 0. The molecule has 1 aromatic heterocycles. The monoisotopic (exact) mass is 324 g/mol. The van der Waals surface area contributed by atoms with Crippen molar-refractivity contribution in [2.24, 2.45) is 0 Å². The van der Waals surface area contributed by atoms with Crippen LogP contribution in [0.5, 0.6) is 0 Å². The van der Waals surface area contributed by atoms with Crippen LogP contribution in [0.4, 0.5) is 0 Å². The first-order valence-electron chi connectivity index (χ1n) is 8.14. The van der Waals surface area contributed by atoms with Crippen LogP contribution in [0.15, 0.2) is 48.8 Å². The van der Waals surface area contributed by atoms with Crippen molar-refractivity contribution in [1.29, 1.82) is 0 Å². The van der Waals surface area contributed by atoms with Gasteiger partial charge in [0.25, 0.3) is 0 Å². The second-order valence-electron chi connectivity index (χ2n) is 6.08. The van der Waals surface area contributed by atoms with Crippen LogP contribution in [0.25, 0.3) is 0 Å². The molecule has 1 saturated heterocycles. The van der Waals surface area contributed by atoms with Crippen molar-refractivity contribution in [3.8, 4) is 0 Å². The largest absolute Gasteiger partial charge is 0.478 e. The summed E-state index contributed by atoms with van der Waals surface area (Å²) in [6.45, 7) is 1.28. The Morgan fingerprint density at radius 2 is 2.04 bits per heavy atom. The van der Waals surface area contributed by atoms with Gasteiger partial charge in [-0.3, -0.25) is 9.78 Å². The van der Waals surface area contributed by atoms with E-state index in [1.165, 1.54) is 0 Å². The molecule has 0 bridgehead atoms. The number of likely N-dealkylation sites (tertiary alicyclic amines) is 1. The molecule has 0 saturated carbocycles. The lowest BCUT2D eigenvalue weighted by Gasteiger charge is -2.17. The smallest absolute Gasteiger partial charge is 0.335 e. The van der Waals surface area contributed by atoms with Crippen molar-refractivity contribution < 1.29 is 14.7 Å². The van der Waals surface area contributed by atoms with E-state index in [0.29, 0.717) is 31.5 Å². The highest BCUT2D eigenvalue weighted by Crippen LogP contribution is 2.30. The number of nitrogens with zero attached hydrogens (tertiary/aromatic N) is 2. The predicted octanol–water partition coefficient (Wildman–Crippen LogP) is 2.73. The number of carboxylic acids is 1. The molecule has 0 aliphatic carbocycles. The molecule has 0 spiro atoms. The second kappa shape index (κ2) is 7.25. The minimum absolute atomic E-state index is 0.0969. The molecule has 1 N–H and O–H groups in total. The Morgan fingerprint density at radius 3 is 2.79 bits per heavy atom. The fraction of sp³-hybridized carbons (Fsp3) is 0.316. The van der Waals surface area contributed by atoms with Gasteiger partial charge in [0.1, 0.15) is 0 Å². The van der Waals surface area contributed by atoms with E-state index in [2.05, 4.69) is 4.98 Å². The van der Waals surface area contributed by atoms with Crippen LogP contribution in [0.1, 0.15) is 40.2 Å². The summed E-state index contributed by atoms with van der Waals surface area (Å²) in [5, 5.41) is 9.32. The van der Waals surface area contributed by atoms with Crippen LogP contribution in [0, 0.1) is 0 Å². The number of aromatic carboxylic acids is 1. The Bertz CT molecular complexity index is 730. The summed E-state index contributed by atoms with van der Waals surface area (Å²) in [7, 11) is 0. The minimum Gasteiger partial charge on any atom is -0.478 e. The van der Waals surface area contributed by atoms with Gasteiger partial charge in [0.05, 0.1) is 5.56 Å². The number of aryl methyl sites for hydroxylation is 1. The molecule has 1 aromatic carbocycles. The van der Waals surface area contributed by atoms with Gasteiger partial charge in [-0.05, 0) is 36.1 Å². The first kappa shape index (κ1) is 16.2. The average molecular weight is 324 g/mol. The number of carboxylic acid groups (broad SMARTS) is 1. The Hall–Kier alpha value is -2.69. The molecule has 2 aromatic rings. The van der Waals surface area contributed by atoms with E-state index in [1.807, 2.05) is 29.2 Å². The van der Waals surface area contributed by atoms with E-state index >= 15 is 0 Å². The van der Waals surface area contributed by atoms with Crippen LogP contribution in [-0.2, 0) is 11.2 Å². The lowest BCUT2D eigenvalue weighted by molar-refractivity contribution is -0.130. The quantitative estimate of drug-likeness (QED) is 0.918. The lowest BCUT2D eigenvalue weighted by Crippen LogP contribution is -2.28. The van der Waals surface area contributed by atoms with Gasteiger partial charge in [0.2, 0.25) is 5.91 Å². The van der Waals surface area contributed by atoms with Crippen molar-refractivity contribution in [1.82, 2.24) is 9.88 Å². The maximum atomic E-state index is 12.4. The molecule has 124 valence electrons. The molecule has 1 aliphatic rings. The number of benzene rings is 1. The van der Waals surface area contributed by atoms with Crippen LogP contribution in [0.2, 0.25) is 0 Å². The van der Waals surface area contributed by atoms with E-state index in [4.69, 9.17) is 0 Å². The fourth-order valence-corrected chi connectivity index (χ4v) is 3.24. The molecule has 3 rings (SSSR count).